The Hall–Kier alpha value is -3.06. The van der Waals surface area contributed by atoms with Crippen molar-refractivity contribution in [1.29, 1.82) is 0 Å². The van der Waals surface area contributed by atoms with Gasteiger partial charge in [-0.3, -0.25) is 4.79 Å². The molecule has 2 amide bonds. The maximum Gasteiger partial charge on any atom is 0.415 e. The smallest absolute Gasteiger partial charge is 0.415 e. The van der Waals surface area contributed by atoms with Gasteiger partial charge in [0.15, 0.2) is 0 Å². The summed E-state index contributed by atoms with van der Waals surface area (Å²) in [6.07, 6.45) is 2.92. The number of hydrogen-bond donors (Lipinski definition) is 1. The Morgan fingerprint density at radius 2 is 1.67 bits per heavy atom. The molecule has 3 atom stereocenters. The molecule has 2 aliphatic rings. The van der Waals surface area contributed by atoms with E-state index >= 15 is 0 Å². The third kappa shape index (κ3) is 5.85. The van der Waals surface area contributed by atoms with E-state index < -0.39 is 6.09 Å². The van der Waals surface area contributed by atoms with Crippen molar-refractivity contribution in [2.24, 2.45) is 5.92 Å². The van der Waals surface area contributed by atoms with E-state index in [0.717, 1.165) is 42.7 Å². The van der Waals surface area contributed by atoms with E-state index in [0.29, 0.717) is 25.3 Å². The minimum Gasteiger partial charge on any atom is -0.488 e. The van der Waals surface area contributed by atoms with Gasteiger partial charge in [0, 0.05) is 32.0 Å². The van der Waals surface area contributed by atoms with E-state index in [1.54, 1.807) is 24.1 Å². The fraction of sp³-hybridized carbons (Fsp3) is 0.462. The van der Waals surface area contributed by atoms with Gasteiger partial charge in [0.1, 0.15) is 17.6 Å². The molecular formula is C26H32N2O5. The molecule has 7 heteroatoms. The Kier molecular flexibility index (Phi) is 7.50. The maximum absolute atomic E-state index is 12.6. The van der Waals surface area contributed by atoms with Gasteiger partial charge in [-0.1, -0.05) is 24.3 Å². The summed E-state index contributed by atoms with van der Waals surface area (Å²) in [5.74, 6) is 1.37. The van der Waals surface area contributed by atoms with E-state index in [-0.39, 0.29) is 24.0 Å². The van der Waals surface area contributed by atoms with Crippen molar-refractivity contribution >= 4 is 12.0 Å². The molecule has 1 saturated carbocycles. The van der Waals surface area contributed by atoms with Crippen molar-refractivity contribution in [2.75, 3.05) is 26.8 Å². The van der Waals surface area contributed by atoms with Crippen LogP contribution in [0.15, 0.2) is 48.5 Å². The van der Waals surface area contributed by atoms with Crippen LogP contribution in [0, 0.1) is 5.92 Å². The van der Waals surface area contributed by atoms with Gasteiger partial charge in [0.2, 0.25) is 5.91 Å². The molecule has 1 saturated heterocycles. The quantitative estimate of drug-likeness (QED) is 0.679. The van der Waals surface area contributed by atoms with Crippen LogP contribution in [0.2, 0.25) is 0 Å². The van der Waals surface area contributed by atoms with Crippen molar-refractivity contribution in [1.82, 2.24) is 10.2 Å². The van der Waals surface area contributed by atoms with Gasteiger partial charge in [-0.25, -0.2) is 4.79 Å². The molecular weight excluding hydrogens is 420 g/mol. The predicted molar refractivity (Wildman–Crippen MR) is 125 cm³/mol. The topological polar surface area (TPSA) is 77.1 Å². The van der Waals surface area contributed by atoms with E-state index in [1.807, 2.05) is 43.3 Å². The number of rotatable bonds is 7. The predicted octanol–water partition coefficient (Wildman–Crippen LogP) is 4.26. The fourth-order valence-corrected chi connectivity index (χ4v) is 4.43. The second-order valence-corrected chi connectivity index (χ2v) is 8.69. The molecule has 2 aromatic carbocycles. The number of benzene rings is 2. The monoisotopic (exact) mass is 452 g/mol. The van der Waals surface area contributed by atoms with E-state index in [9.17, 15) is 9.59 Å². The largest absolute Gasteiger partial charge is 0.488 e. The van der Waals surface area contributed by atoms with Gasteiger partial charge < -0.3 is 24.4 Å². The highest BCUT2D eigenvalue weighted by Gasteiger charge is 2.34. The maximum atomic E-state index is 12.6. The summed E-state index contributed by atoms with van der Waals surface area (Å²) in [6.45, 7) is 3.94. The van der Waals surface area contributed by atoms with Crippen LogP contribution in [0.25, 0.3) is 11.1 Å². The van der Waals surface area contributed by atoms with Crippen molar-refractivity contribution in [3.05, 3.63) is 48.5 Å². The molecule has 1 N–H and O–H groups in total. The second-order valence-electron chi connectivity index (χ2n) is 8.69. The number of amides is 2. The molecule has 4 rings (SSSR count). The third-order valence-corrected chi connectivity index (χ3v) is 6.40. The van der Waals surface area contributed by atoms with E-state index in [2.05, 4.69) is 5.32 Å². The van der Waals surface area contributed by atoms with E-state index in [1.165, 1.54) is 0 Å². The Morgan fingerprint density at radius 1 is 1.00 bits per heavy atom. The van der Waals surface area contributed by atoms with Gasteiger partial charge in [-0.2, -0.15) is 0 Å². The normalized spacial score (nSPS) is 22.1. The molecule has 0 unspecified atom stereocenters. The van der Waals surface area contributed by atoms with Crippen LogP contribution in [0.5, 0.6) is 11.5 Å². The summed E-state index contributed by atoms with van der Waals surface area (Å²) in [6, 6.07) is 15.4. The minimum absolute atomic E-state index is 0.0147. The number of ether oxygens (including phenoxy) is 3. The van der Waals surface area contributed by atoms with Crippen LogP contribution < -0.4 is 14.8 Å². The van der Waals surface area contributed by atoms with Crippen molar-refractivity contribution < 1.29 is 23.8 Å². The molecule has 0 radical (unpaired) electrons. The number of hydrogen-bond acceptors (Lipinski definition) is 5. The highest BCUT2D eigenvalue weighted by Crippen LogP contribution is 2.30. The summed E-state index contributed by atoms with van der Waals surface area (Å²) in [5.41, 5.74) is 2.09. The Labute approximate surface area is 195 Å². The zero-order chi connectivity index (χ0) is 23.2. The fourth-order valence-electron chi connectivity index (χ4n) is 4.43. The molecule has 7 nitrogen and oxygen atoms in total. The number of nitrogens with zero attached hydrogens (tertiary/aromatic N) is 1. The molecule has 2 aromatic rings. The van der Waals surface area contributed by atoms with Gasteiger partial charge in [0.05, 0.1) is 13.2 Å². The molecule has 1 heterocycles. The van der Waals surface area contributed by atoms with Crippen LogP contribution in [-0.4, -0.2) is 55.9 Å². The average Bonchev–Trinajstić information content (AvgIpc) is 3.52. The molecule has 0 spiro atoms. The molecule has 33 heavy (non-hydrogen) atoms. The third-order valence-electron chi connectivity index (χ3n) is 6.40. The van der Waals surface area contributed by atoms with Crippen LogP contribution in [0.3, 0.4) is 0 Å². The summed E-state index contributed by atoms with van der Waals surface area (Å²) < 4.78 is 16.8. The molecule has 0 aromatic heterocycles. The molecule has 2 fully saturated rings. The lowest BCUT2D eigenvalue weighted by molar-refractivity contribution is -0.124. The second kappa shape index (κ2) is 10.7. The Balaban J connectivity index is 1.30. The lowest BCUT2D eigenvalue weighted by Crippen LogP contribution is -2.38. The lowest BCUT2D eigenvalue weighted by Gasteiger charge is -2.23. The zero-order valence-electron chi connectivity index (χ0n) is 19.3. The highest BCUT2D eigenvalue weighted by molar-refractivity contribution is 5.79. The summed E-state index contributed by atoms with van der Waals surface area (Å²) in [4.78, 5) is 26.3. The standard InChI is InChI=1S/C26H32N2O5/c1-3-27-25(29)20-4-9-21(16-20)28(2)26(30)33-23-12-7-19(8-13-23)18-5-10-22(11-6-18)32-24-14-15-31-17-24/h5-8,10-13,20-21,24H,3-4,9,14-17H2,1-2H3,(H,27,29)/t20-,21+,24-/m0/s1. The Morgan fingerprint density at radius 3 is 2.27 bits per heavy atom. The van der Waals surface area contributed by atoms with Gasteiger partial charge in [-0.15, -0.1) is 0 Å². The average molecular weight is 453 g/mol. The Bertz CT molecular complexity index is 938. The van der Waals surface area contributed by atoms with Crippen molar-refractivity contribution in [2.45, 2.75) is 44.8 Å². The number of nitrogens with one attached hydrogen (secondary N) is 1. The van der Waals surface area contributed by atoms with Gasteiger partial charge in [-0.05, 0) is 61.6 Å². The summed E-state index contributed by atoms with van der Waals surface area (Å²) in [5, 5.41) is 2.87. The lowest BCUT2D eigenvalue weighted by atomic mass is 10.1. The summed E-state index contributed by atoms with van der Waals surface area (Å²) in [7, 11) is 1.74. The first kappa shape index (κ1) is 23.1. The SMILES string of the molecule is CCNC(=O)[C@H]1CC[C@@H](N(C)C(=O)Oc2ccc(-c3ccc(O[C@H]4CCOC4)cc3)cc2)C1. The molecule has 1 aliphatic carbocycles. The van der Waals surface area contributed by atoms with Crippen molar-refractivity contribution in [3.63, 3.8) is 0 Å². The first-order valence-electron chi connectivity index (χ1n) is 11.7. The van der Waals surface area contributed by atoms with Gasteiger partial charge in [0.25, 0.3) is 0 Å². The first-order valence-corrected chi connectivity index (χ1v) is 11.7. The van der Waals surface area contributed by atoms with Crippen LogP contribution in [-0.2, 0) is 9.53 Å². The van der Waals surface area contributed by atoms with Crippen LogP contribution in [0.1, 0.15) is 32.6 Å². The number of carbonyl (C=O) groups excluding carboxylic acids is 2. The van der Waals surface area contributed by atoms with Crippen LogP contribution in [0.4, 0.5) is 4.79 Å². The van der Waals surface area contributed by atoms with E-state index in [4.69, 9.17) is 14.2 Å². The highest BCUT2D eigenvalue weighted by atomic mass is 16.6. The first-order chi connectivity index (χ1) is 16.0. The van der Waals surface area contributed by atoms with Gasteiger partial charge >= 0.3 is 6.09 Å². The molecule has 0 bridgehead atoms. The number of carbonyl (C=O) groups is 2. The summed E-state index contributed by atoms with van der Waals surface area (Å²) >= 11 is 0. The molecule has 1 aliphatic heterocycles. The molecule has 176 valence electrons. The zero-order valence-corrected chi connectivity index (χ0v) is 19.3. The van der Waals surface area contributed by atoms with Crippen LogP contribution >= 0.6 is 0 Å². The van der Waals surface area contributed by atoms with Crippen molar-refractivity contribution in [3.8, 4) is 22.6 Å². The minimum atomic E-state index is -0.401.